The van der Waals surface area contributed by atoms with Gasteiger partial charge in [-0.15, -0.1) is 0 Å². The molecule has 7 heterocycles. The van der Waals surface area contributed by atoms with Crippen LogP contribution in [0.2, 0.25) is 5.02 Å². The number of aryl methyl sites for hydroxylation is 10. The van der Waals surface area contributed by atoms with E-state index in [9.17, 15) is 69.0 Å². The SMILES string of the molecule is CCOC(=O)C(F)(F)CCc1ccc2c(c1)CCCN2.CCOC(=O)C(F)(F)CCc1ccc2c(c1)CCCN2C.CCOC(=O)C(F)(F)CCc1ccc2c(c1)CCCN2C(=O)OCc1ccccc1.CN1CCCc2cc(CCC(F)(F)C(=O)N[C@H](CN3CCCC3)[C@H](O)c3cnc(OC4CC4)c(Cl)c3)ccc21.CN1CCCc2cc(CCC(F)(F)C(=O)O)ccc21. The molecule has 32 heteroatoms. The quantitative estimate of drug-likeness (QED) is 0.0174. The molecule has 21 nitrogen and oxygen atoms in total. The average molecular weight is 1830 g/mol. The second-order valence-corrected chi connectivity index (χ2v) is 34.0. The predicted octanol–water partition coefficient (Wildman–Crippen LogP) is 18.5. The highest BCUT2D eigenvalue weighted by Crippen LogP contribution is 2.38. The first kappa shape index (κ1) is 101. The largest absolute Gasteiger partial charge is 0.477 e. The van der Waals surface area contributed by atoms with E-state index in [4.69, 9.17) is 26.2 Å². The molecule has 1 saturated heterocycles. The Morgan fingerprint density at radius 3 is 1.32 bits per heavy atom. The van der Waals surface area contributed by atoms with Gasteiger partial charge in [-0.3, -0.25) is 9.69 Å². The minimum Gasteiger partial charge on any atom is -0.477 e. The topological polar surface area (TPSA) is 242 Å². The van der Waals surface area contributed by atoms with Crippen molar-refractivity contribution in [2.75, 3.05) is 118 Å². The van der Waals surface area contributed by atoms with Gasteiger partial charge in [0.05, 0.1) is 31.5 Å². The fourth-order valence-corrected chi connectivity index (χ4v) is 16.4. The normalized spacial score (nSPS) is 15.9. The lowest BCUT2D eigenvalue weighted by Gasteiger charge is -2.30. The number of carboxylic acids is 1. The second-order valence-electron chi connectivity index (χ2n) is 33.6. The summed E-state index contributed by atoms with van der Waals surface area (Å²) in [6, 6.07) is 38.3. The molecule has 14 rings (SSSR count). The van der Waals surface area contributed by atoms with Gasteiger partial charge in [0.1, 0.15) is 23.8 Å². The van der Waals surface area contributed by atoms with E-state index in [1.54, 1.807) is 23.1 Å². The van der Waals surface area contributed by atoms with Gasteiger partial charge in [0.25, 0.3) is 5.91 Å². The van der Waals surface area contributed by atoms with E-state index in [1.165, 1.54) is 44.3 Å². The average Bonchev–Trinajstić information content (AvgIpc) is 1.46. The molecule has 6 aliphatic heterocycles. The number of esters is 3. The van der Waals surface area contributed by atoms with Crippen LogP contribution in [-0.4, -0.2) is 191 Å². The van der Waals surface area contributed by atoms with E-state index in [0.29, 0.717) is 17.7 Å². The summed E-state index contributed by atoms with van der Waals surface area (Å²) in [4.78, 5) is 83.9. The lowest BCUT2D eigenvalue weighted by molar-refractivity contribution is -0.172. The van der Waals surface area contributed by atoms with Gasteiger partial charge in [-0.1, -0.05) is 103 Å². The number of hydrogen-bond donors (Lipinski definition) is 4. The zero-order chi connectivity index (χ0) is 93.2. The third-order valence-electron chi connectivity index (χ3n) is 23.6. The number of carbonyl (C=O) groups is 6. The van der Waals surface area contributed by atoms with E-state index in [1.807, 2.05) is 124 Å². The Labute approximate surface area is 752 Å². The number of benzene rings is 6. The van der Waals surface area contributed by atoms with Gasteiger partial charge in [-0.2, -0.15) is 43.9 Å². The van der Waals surface area contributed by atoms with Gasteiger partial charge in [0, 0.05) is 127 Å². The molecular formula is C97H119ClF10N8O13. The number of aliphatic carboxylic acids is 1. The van der Waals surface area contributed by atoms with E-state index in [-0.39, 0.29) is 82.1 Å². The zero-order valence-electron chi connectivity index (χ0n) is 74.1. The molecule has 0 bridgehead atoms. The first-order valence-corrected chi connectivity index (χ1v) is 45.0. The van der Waals surface area contributed by atoms with Crippen molar-refractivity contribution in [3.8, 4) is 5.88 Å². The first-order chi connectivity index (χ1) is 61.5. The molecule has 0 radical (unpaired) electrons. The fourth-order valence-electron chi connectivity index (χ4n) is 16.2. The number of anilines is 5. The standard InChI is InChI=1S/C29H37ClF2N4O3.C23H25F2NO4.C16H21F2NO2.C15H19F2NO2.C14H17F2NO2/c1-35-12-4-5-20-15-19(6-9-25(20)35)10-11-29(31,32)28(38)34-24(18-36-13-2-3-14-36)26(37)21-16-23(30)27(33-17-21)39-22-7-8-22;1-2-29-21(27)23(24,25)13-12-17-10-11-20-19(15-17)9-6-14-26(20)22(28)30-16-18-7-4-3-5-8-18;1-3-21-15(20)16(17,18)9-8-12-6-7-14-13(11-12)5-4-10-19(14)2;1-2-20-14(19)15(16,17)8-7-11-5-6-13-12(10-11)4-3-9-18-13;1-17-8-2-3-11-9-10(4-5-12(11)17)6-7-14(15,16)13(18)19/h6,9,15-17,22,24,26,37H,2-5,7-8,10-14,18H2,1H3,(H,34,38);3-5,7-8,10-11,15H,2,6,9,12-14,16H2,1H3;6-7,11H,3-5,8-10H2,1-2H3;5-6,10,18H,2-4,7-9H2,1H3;4-5,9H,2-3,6-8H2,1H3,(H,18,19)/t24-,26-;;;;/m1..../s1. The molecule has 1 aliphatic carbocycles. The Morgan fingerprint density at radius 1 is 0.481 bits per heavy atom. The van der Waals surface area contributed by atoms with Crippen molar-refractivity contribution < 1.29 is 107 Å². The second kappa shape index (κ2) is 46.9. The molecule has 129 heavy (non-hydrogen) atoms. The summed E-state index contributed by atoms with van der Waals surface area (Å²) >= 11 is 6.33. The maximum absolute atomic E-state index is 15.1. The van der Waals surface area contributed by atoms with Crippen LogP contribution in [-0.2, 0) is 114 Å². The van der Waals surface area contributed by atoms with Gasteiger partial charge in [0.15, 0.2) is 0 Å². The Balaban J connectivity index is 0.000000173. The van der Waals surface area contributed by atoms with Gasteiger partial charge in [-0.05, 0) is 253 Å². The van der Waals surface area contributed by atoms with Crippen LogP contribution in [0, 0.1) is 0 Å². The molecule has 2 atom stereocenters. The van der Waals surface area contributed by atoms with E-state index >= 15 is 8.78 Å². The maximum Gasteiger partial charge on any atom is 0.414 e. The summed E-state index contributed by atoms with van der Waals surface area (Å²) < 4.78 is 163. The summed E-state index contributed by atoms with van der Waals surface area (Å²) in [7, 11) is 6.08. The number of nitrogens with one attached hydrogen (secondary N) is 2. The molecule has 2 fully saturated rings. The lowest BCUT2D eigenvalue weighted by atomic mass is 9.96. The van der Waals surface area contributed by atoms with Gasteiger partial charge in [0.2, 0.25) is 5.88 Å². The number of carboxylic acid groups (broad SMARTS) is 1. The number of rotatable bonds is 32. The summed E-state index contributed by atoms with van der Waals surface area (Å²) in [5, 5.41) is 25.5. The number of pyridine rings is 1. The maximum atomic E-state index is 15.1. The smallest absolute Gasteiger partial charge is 0.414 e. The number of amides is 2. The van der Waals surface area contributed by atoms with Crippen LogP contribution in [0.5, 0.6) is 5.88 Å². The minimum absolute atomic E-state index is 0.0282. The van der Waals surface area contributed by atoms with Crippen LogP contribution >= 0.6 is 11.6 Å². The summed E-state index contributed by atoms with van der Waals surface area (Å²) in [5.74, 6) is -25.1. The van der Waals surface area contributed by atoms with Crippen LogP contribution in [0.25, 0.3) is 0 Å². The third kappa shape index (κ3) is 29.6. The number of alkyl halides is 10. The van der Waals surface area contributed by atoms with Crippen molar-refractivity contribution in [2.45, 2.75) is 229 Å². The molecule has 4 N–H and O–H groups in total. The number of aliphatic hydroxyl groups excluding tert-OH is 1. The number of nitrogens with zero attached hydrogens (tertiary/aromatic N) is 6. The fraction of sp³-hybridized carbons (Fsp3) is 0.515. The summed E-state index contributed by atoms with van der Waals surface area (Å²) in [6.45, 7) is 10.9. The number of halogens is 11. The van der Waals surface area contributed by atoms with Crippen molar-refractivity contribution in [1.29, 1.82) is 0 Å². The summed E-state index contributed by atoms with van der Waals surface area (Å²) in [5.41, 5.74) is 16.0. The van der Waals surface area contributed by atoms with Gasteiger partial charge in [-0.25, -0.2) is 29.0 Å². The van der Waals surface area contributed by atoms with Crippen molar-refractivity contribution in [3.05, 3.63) is 205 Å². The number of hydrogen-bond acceptors (Lipinski definition) is 18. The Bertz CT molecular complexity index is 4910. The van der Waals surface area contributed by atoms with Gasteiger partial charge < -0.3 is 64.1 Å². The van der Waals surface area contributed by atoms with E-state index < -0.39 is 110 Å². The number of likely N-dealkylation sites (tertiary alicyclic amines) is 1. The van der Waals surface area contributed by atoms with Crippen LogP contribution in [0.3, 0.4) is 0 Å². The molecular weight excluding hydrogens is 1710 g/mol. The van der Waals surface area contributed by atoms with Crippen molar-refractivity contribution in [1.82, 2.24) is 15.2 Å². The molecule has 6 aromatic carbocycles. The molecule has 1 aromatic heterocycles. The number of carbonyl (C=O) groups excluding carboxylic acids is 5. The van der Waals surface area contributed by atoms with Crippen molar-refractivity contribution >= 4 is 75.9 Å². The Hall–Kier alpha value is -10.4. The first-order valence-electron chi connectivity index (χ1n) is 44.6. The molecule has 0 spiro atoms. The highest BCUT2D eigenvalue weighted by atomic mass is 35.5. The Kier molecular flexibility index (Phi) is 36.6. The summed E-state index contributed by atoms with van der Waals surface area (Å²) in [6.07, 6.45) is 10.9. The number of aliphatic hydroxyl groups is 1. The van der Waals surface area contributed by atoms with Crippen LogP contribution < -0.4 is 35.0 Å². The van der Waals surface area contributed by atoms with E-state index in [0.717, 1.165) is 202 Å². The predicted molar refractivity (Wildman–Crippen MR) is 475 cm³/mol. The molecule has 2 amide bonds. The molecule has 702 valence electrons. The van der Waals surface area contributed by atoms with Crippen LogP contribution in [0.4, 0.5) is 77.1 Å². The molecule has 7 aliphatic rings. The highest BCUT2D eigenvalue weighted by Gasteiger charge is 2.45. The molecule has 0 unspecified atom stereocenters. The zero-order valence-corrected chi connectivity index (χ0v) is 74.9. The molecule has 1 saturated carbocycles. The lowest BCUT2D eigenvalue weighted by Crippen LogP contribution is -2.51. The number of ether oxygens (including phenoxy) is 5. The number of fused-ring (bicyclic) bond motifs is 5. The van der Waals surface area contributed by atoms with Crippen molar-refractivity contribution in [3.63, 3.8) is 0 Å². The van der Waals surface area contributed by atoms with E-state index in [2.05, 4.69) is 49.4 Å². The minimum atomic E-state index is -3.65. The van der Waals surface area contributed by atoms with Crippen LogP contribution in [0.1, 0.15) is 184 Å². The number of aromatic nitrogens is 1. The Morgan fingerprint density at radius 2 is 0.884 bits per heavy atom. The van der Waals surface area contributed by atoms with Crippen molar-refractivity contribution in [2.24, 2.45) is 0 Å². The third-order valence-corrected chi connectivity index (χ3v) is 23.9. The monoisotopic (exact) mass is 1830 g/mol. The van der Waals surface area contributed by atoms with Crippen LogP contribution in [0.15, 0.2) is 134 Å². The highest BCUT2D eigenvalue weighted by molar-refractivity contribution is 6.31. The van der Waals surface area contributed by atoms with Gasteiger partial charge >= 0.3 is 59.6 Å². The molecule has 7 aromatic rings.